The minimum absolute atomic E-state index is 0.180. The third kappa shape index (κ3) is 6.58. The molecule has 0 fully saturated rings. The summed E-state index contributed by atoms with van der Waals surface area (Å²) in [6, 6.07) is 29.0. The molecule has 0 aliphatic rings. The number of rotatable bonds is 11. The smallest absolute Gasteiger partial charge is 0.189 e. The largest absolute Gasteiger partial charge is 0.496 e. The van der Waals surface area contributed by atoms with Gasteiger partial charge in [0.15, 0.2) is 5.78 Å². The van der Waals surface area contributed by atoms with Gasteiger partial charge in [0.2, 0.25) is 0 Å². The molecule has 0 N–H and O–H groups in total. The lowest BCUT2D eigenvalue weighted by molar-refractivity contribution is 0.104. The van der Waals surface area contributed by atoms with E-state index >= 15 is 0 Å². The predicted octanol–water partition coefficient (Wildman–Crippen LogP) is 7.07. The molecule has 0 atom stereocenters. The SMILES string of the molecule is COc1ccc(C(=O)/C=C/c2ccc(OCc3ccccc3)cc2OCc2ccccc2)c(OC)c1C. The van der Waals surface area contributed by atoms with Gasteiger partial charge >= 0.3 is 0 Å². The fraction of sp³-hybridized carbons (Fsp3) is 0.156. The molecule has 0 radical (unpaired) electrons. The summed E-state index contributed by atoms with van der Waals surface area (Å²) in [6.45, 7) is 2.70. The fourth-order valence-corrected chi connectivity index (χ4v) is 3.95. The number of allylic oxidation sites excluding steroid dienone is 1. The van der Waals surface area contributed by atoms with Crippen LogP contribution in [0.4, 0.5) is 0 Å². The van der Waals surface area contributed by atoms with Crippen molar-refractivity contribution in [3.63, 3.8) is 0 Å². The first-order valence-electron chi connectivity index (χ1n) is 12.0. The zero-order valence-electron chi connectivity index (χ0n) is 21.3. The van der Waals surface area contributed by atoms with Crippen molar-refractivity contribution in [3.05, 3.63) is 125 Å². The summed E-state index contributed by atoms with van der Waals surface area (Å²) in [7, 11) is 3.14. The zero-order valence-corrected chi connectivity index (χ0v) is 21.3. The highest BCUT2D eigenvalue weighted by atomic mass is 16.5. The van der Waals surface area contributed by atoms with E-state index in [2.05, 4.69) is 0 Å². The van der Waals surface area contributed by atoms with Crippen LogP contribution in [0.5, 0.6) is 23.0 Å². The van der Waals surface area contributed by atoms with Crippen molar-refractivity contribution in [2.24, 2.45) is 0 Å². The Bertz CT molecular complexity index is 1360. The van der Waals surface area contributed by atoms with Crippen molar-refractivity contribution in [3.8, 4) is 23.0 Å². The van der Waals surface area contributed by atoms with Gasteiger partial charge in [0, 0.05) is 17.2 Å². The first kappa shape index (κ1) is 25.6. The Morgan fingerprint density at radius 3 is 2.00 bits per heavy atom. The molecular weight excluding hydrogens is 464 g/mol. The second kappa shape index (κ2) is 12.5. The number of hydrogen-bond donors (Lipinski definition) is 0. The molecule has 0 aliphatic heterocycles. The van der Waals surface area contributed by atoms with Gasteiger partial charge in [-0.15, -0.1) is 0 Å². The van der Waals surface area contributed by atoms with Gasteiger partial charge in [-0.2, -0.15) is 0 Å². The summed E-state index contributed by atoms with van der Waals surface area (Å²) in [5.41, 5.74) is 4.12. The van der Waals surface area contributed by atoms with E-state index in [9.17, 15) is 4.79 Å². The van der Waals surface area contributed by atoms with E-state index in [0.29, 0.717) is 41.8 Å². The van der Waals surface area contributed by atoms with Crippen molar-refractivity contribution in [2.45, 2.75) is 20.1 Å². The highest BCUT2D eigenvalue weighted by molar-refractivity contribution is 6.09. The van der Waals surface area contributed by atoms with Gasteiger partial charge in [-0.3, -0.25) is 4.79 Å². The zero-order chi connectivity index (χ0) is 26.0. The van der Waals surface area contributed by atoms with Crippen molar-refractivity contribution >= 4 is 11.9 Å². The van der Waals surface area contributed by atoms with Crippen LogP contribution in [0.25, 0.3) is 6.08 Å². The van der Waals surface area contributed by atoms with E-state index in [1.165, 1.54) is 6.08 Å². The number of ketones is 1. The average molecular weight is 495 g/mol. The first-order valence-corrected chi connectivity index (χ1v) is 12.0. The summed E-state index contributed by atoms with van der Waals surface area (Å²) >= 11 is 0. The molecule has 5 nitrogen and oxygen atoms in total. The van der Waals surface area contributed by atoms with Gasteiger partial charge in [-0.05, 0) is 54.5 Å². The van der Waals surface area contributed by atoms with Crippen LogP contribution < -0.4 is 18.9 Å². The second-order valence-corrected chi connectivity index (χ2v) is 8.42. The quantitative estimate of drug-likeness (QED) is 0.165. The summed E-state index contributed by atoms with van der Waals surface area (Å²) in [5.74, 6) is 2.29. The Kier molecular flexibility index (Phi) is 8.61. The lowest BCUT2D eigenvalue weighted by Gasteiger charge is -2.14. The van der Waals surface area contributed by atoms with E-state index in [0.717, 1.165) is 22.3 Å². The normalized spacial score (nSPS) is 10.8. The molecule has 5 heteroatoms. The topological polar surface area (TPSA) is 54.0 Å². The van der Waals surface area contributed by atoms with Crippen LogP contribution in [-0.2, 0) is 13.2 Å². The first-order chi connectivity index (χ1) is 18.1. The van der Waals surface area contributed by atoms with Gasteiger partial charge in [-0.1, -0.05) is 60.7 Å². The molecule has 0 aromatic heterocycles. The number of benzene rings is 4. The van der Waals surface area contributed by atoms with Crippen molar-refractivity contribution < 1.29 is 23.7 Å². The third-order valence-electron chi connectivity index (χ3n) is 5.93. The molecule has 4 aromatic rings. The van der Waals surface area contributed by atoms with E-state index in [1.807, 2.05) is 85.8 Å². The van der Waals surface area contributed by atoms with Gasteiger partial charge in [0.05, 0.1) is 19.8 Å². The fourth-order valence-electron chi connectivity index (χ4n) is 3.95. The molecule has 0 heterocycles. The monoisotopic (exact) mass is 494 g/mol. The Labute approximate surface area is 217 Å². The molecule has 0 spiro atoms. The maximum Gasteiger partial charge on any atom is 0.189 e. The van der Waals surface area contributed by atoms with E-state index < -0.39 is 0 Å². The van der Waals surface area contributed by atoms with Crippen LogP contribution in [-0.4, -0.2) is 20.0 Å². The van der Waals surface area contributed by atoms with Crippen LogP contribution in [0.2, 0.25) is 0 Å². The van der Waals surface area contributed by atoms with E-state index in [4.69, 9.17) is 18.9 Å². The van der Waals surface area contributed by atoms with E-state index in [-0.39, 0.29) is 5.78 Å². The van der Waals surface area contributed by atoms with Gasteiger partial charge in [-0.25, -0.2) is 0 Å². The summed E-state index contributed by atoms with van der Waals surface area (Å²) in [5, 5.41) is 0. The average Bonchev–Trinajstić information content (AvgIpc) is 2.95. The predicted molar refractivity (Wildman–Crippen MR) is 146 cm³/mol. The van der Waals surface area contributed by atoms with Crippen LogP contribution in [0.15, 0.2) is 97.1 Å². The van der Waals surface area contributed by atoms with Crippen molar-refractivity contribution in [1.82, 2.24) is 0 Å². The Balaban J connectivity index is 1.58. The minimum Gasteiger partial charge on any atom is -0.496 e. The molecule has 0 amide bonds. The van der Waals surface area contributed by atoms with Crippen LogP contribution in [0.3, 0.4) is 0 Å². The Morgan fingerprint density at radius 2 is 1.38 bits per heavy atom. The molecule has 4 rings (SSSR count). The second-order valence-electron chi connectivity index (χ2n) is 8.42. The standard InChI is InChI=1S/C32H30O5/c1-23-30(34-2)19-17-28(32(23)35-3)29(33)18-15-26-14-16-27(36-21-24-10-6-4-7-11-24)20-31(26)37-22-25-12-8-5-9-13-25/h4-20H,21-22H2,1-3H3/b18-15+. The highest BCUT2D eigenvalue weighted by Crippen LogP contribution is 2.32. The molecule has 37 heavy (non-hydrogen) atoms. The number of hydrogen-bond acceptors (Lipinski definition) is 5. The maximum absolute atomic E-state index is 13.1. The van der Waals surface area contributed by atoms with Crippen LogP contribution in [0.1, 0.15) is 32.6 Å². The summed E-state index contributed by atoms with van der Waals surface area (Å²) in [4.78, 5) is 13.1. The molecule has 0 bridgehead atoms. The number of carbonyl (C=O) groups is 1. The van der Waals surface area contributed by atoms with Crippen molar-refractivity contribution in [1.29, 1.82) is 0 Å². The molecule has 0 saturated heterocycles. The number of carbonyl (C=O) groups excluding carboxylic acids is 1. The molecule has 188 valence electrons. The minimum atomic E-state index is -0.180. The Morgan fingerprint density at radius 1 is 0.730 bits per heavy atom. The van der Waals surface area contributed by atoms with Gasteiger partial charge in [0.25, 0.3) is 0 Å². The molecule has 4 aromatic carbocycles. The lowest BCUT2D eigenvalue weighted by atomic mass is 10.0. The Hall–Kier alpha value is -4.51. The lowest BCUT2D eigenvalue weighted by Crippen LogP contribution is -2.02. The molecular formula is C32H30O5. The molecule has 0 saturated carbocycles. The maximum atomic E-state index is 13.1. The number of methoxy groups -OCH3 is 2. The van der Waals surface area contributed by atoms with Gasteiger partial charge in [0.1, 0.15) is 36.2 Å². The molecule has 0 aliphatic carbocycles. The number of ether oxygens (including phenoxy) is 4. The summed E-state index contributed by atoms with van der Waals surface area (Å²) < 4.78 is 23.0. The van der Waals surface area contributed by atoms with Crippen molar-refractivity contribution in [2.75, 3.05) is 14.2 Å². The van der Waals surface area contributed by atoms with Gasteiger partial charge < -0.3 is 18.9 Å². The summed E-state index contributed by atoms with van der Waals surface area (Å²) in [6.07, 6.45) is 3.28. The van der Waals surface area contributed by atoms with E-state index in [1.54, 1.807) is 32.4 Å². The van der Waals surface area contributed by atoms with Crippen LogP contribution >= 0.6 is 0 Å². The highest BCUT2D eigenvalue weighted by Gasteiger charge is 2.16. The third-order valence-corrected chi connectivity index (χ3v) is 5.93. The molecule has 0 unspecified atom stereocenters. The van der Waals surface area contributed by atoms with Crippen LogP contribution in [0, 0.1) is 6.92 Å².